The van der Waals surface area contributed by atoms with Crippen LogP contribution in [0.2, 0.25) is 0 Å². The summed E-state index contributed by atoms with van der Waals surface area (Å²) >= 11 is 0. The van der Waals surface area contributed by atoms with Gasteiger partial charge in [-0.25, -0.2) is 0 Å². The summed E-state index contributed by atoms with van der Waals surface area (Å²) in [6, 6.07) is 13.6. The van der Waals surface area contributed by atoms with Gasteiger partial charge in [-0.3, -0.25) is 9.78 Å². The third kappa shape index (κ3) is 5.00. The molecule has 2 aromatic rings. The predicted molar refractivity (Wildman–Crippen MR) is 81.8 cm³/mol. The molecule has 0 saturated heterocycles. The number of aliphatic hydroxyl groups is 1. The van der Waals surface area contributed by atoms with E-state index in [0.29, 0.717) is 19.4 Å². The van der Waals surface area contributed by atoms with Crippen LogP contribution >= 0.6 is 0 Å². The number of rotatable bonds is 7. The molecular formula is C17H20N2O2. The quantitative estimate of drug-likeness (QED) is 0.816. The van der Waals surface area contributed by atoms with E-state index in [9.17, 15) is 9.90 Å². The molecule has 0 bridgehead atoms. The second kappa shape index (κ2) is 8.17. The zero-order valence-corrected chi connectivity index (χ0v) is 11.9. The molecule has 0 aliphatic carbocycles. The van der Waals surface area contributed by atoms with Gasteiger partial charge in [0, 0.05) is 31.5 Å². The number of aliphatic hydroxyl groups excluding tert-OH is 1. The van der Waals surface area contributed by atoms with Crippen LogP contribution in [0, 0.1) is 0 Å². The number of hydrogen-bond donors (Lipinski definition) is 2. The molecular weight excluding hydrogens is 264 g/mol. The fourth-order valence-corrected chi connectivity index (χ4v) is 2.26. The molecule has 0 aliphatic rings. The highest BCUT2D eigenvalue weighted by Gasteiger charge is 2.12. The van der Waals surface area contributed by atoms with Gasteiger partial charge in [-0.15, -0.1) is 0 Å². The molecule has 1 atom stereocenters. The molecule has 0 aliphatic heterocycles. The van der Waals surface area contributed by atoms with Gasteiger partial charge in [0.25, 0.3) is 0 Å². The van der Waals surface area contributed by atoms with Gasteiger partial charge in [-0.05, 0) is 23.6 Å². The molecule has 1 aromatic carbocycles. The van der Waals surface area contributed by atoms with Crippen LogP contribution in [0.5, 0.6) is 0 Å². The number of pyridine rings is 1. The van der Waals surface area contributed by atoms with Crippen LogP contribution in [0.25, 0.3) is 0 Å². The maximum Gasteiger partial charge on any atom is 0.224 e. The largest absolute Gasteiger partial charge is 0.396 e. The van der Waals surface area contributed by atoms with Gasteiger partial charge in [-0.1, -0.05) is 36.4 Å². The molecule has 1 amide bonds. The smallest absolute Gasteiger partial charge is 0.224 e. The minimum absolute atomic E-state index is 0.0260. The summed E-state index contributed by atoms with van der Waals surface area (Å²) < 4.78 is 0. The molecule has 0 saturated carbocycles. The molecule has 4 nitrogen and oxygen atoms in total. The summed E-state index contributed by atoms with van der Waals surface area (Å²) in [5, 5.41) is 12.1. The first-order chi connectivity index (χ1) is 10.3. The minimum atomic E-state index is -0.0260. The Morgan fingerprint density at radius 1 is 1.19 bits per heavy atom. The lowest BCUT2D eigenvalue weighted by Gasteiger charge is -2.17. The molecule has 1 unspecified atom stereocenters. The first kappa shape index (κ1) is 15.2. The van der Waals surface area contributed by atoms with Crippen molar-refractivity contribution in [3.63, 3.8) is 0 Å². The molecule has 4 heteroatoms. The Labute approximate surface area is 124 Å². The van der Waals surface area contributed by atoms with Crippen molar-refractivity contribution in [2.45, 2.75) is 18.8 Å². The average Bonchev–Trinajstić information content (AvgIpc) is 2.53. The van der Waals surface area contributed by atoms with Gasteiger partial charge in [-0.2, -0.15) is 0 Å². The molecule has 0 spiro atoms. The lowest BCUT2D eigenvalue weighted by Crippen LogP contribution is -2.30. The number of aromatic nitrogens is 1. The van der Waals surface area contributed by atoms with E-state index in [1.165, 1.54) is 0 Å². The second-order valence-electron chi connectivity index (χ2n) is 4.96. The van der Waals surface area contributed by atoms with Gasteiger partial charge in [0.1, 0.15) is 0 Å². The standard InChI is InChI=1S/C17H20N2O2/c20-10-8-16(15-6-2-1-3-7-15)13-19-17(21)11-14-5-4-9-18-12-14/h1-7,9,12,16,20H,8,10-11,13H2,(H,19,21). The number of hydrogen-bond acceptors (Lipinski definition) is 3. The summed E-state index contributed by atoms with van der Waals surface area (Å²) in [5.41, 5.74) is 2.03. The highest BCUT2D eigenvalue weighted by Crippen LogP contribution is 2.18. The monoisotopic (exact) mass is 284 g/mol. The van der Waals surface area contributed by atoms with E-state index in [1.54, 1.807) is 12.4 Å². The first-order valence-electron chi connectivity index (χ1n) is 7.11. The molecule has 1 heterocycles. The van der Waals surface area contributed by atoms with Crippen molar-refractivity contribution >= 4 is 5.91 Å². The highest BCUT2D eigenvalue weighted by molar-refractivity contribution is 5.78. The number of nitrogens with zero attached hydrogens (tertiary/aromatic N) is 1. The lowest BCUT2D eigenvalue weighted by atomic mass is 9.96. The molecule has 2 N–H and O–H groups in total. The fourth-order valence-electron chi connectivity index (χ4n) is 2.26. The molecule has 110 valence electrons. The van der Waals surface area contributed by atoms with Crippen molar-refractivity contribution in [3.05, 3.63) is 66.0 Å². The minimum Gasteiger partial charge on any atom is -0.396 e. The van der Waals surface area contributed by atoms with Crippen LogP contribution in [0.3, 0.4) is 0 Å². The fraction of sp³-hybridized carbons (Fsp3) is 0.294. The van der Waals surface area contributed by atoms with E-state index in [1.807, 2.05) is 42.5 Å². The summed E-state index contributed by atoms with van der Waals surface area (Å²) in [6.45, 7) is 0.641. The molecule has 2 rings (SSSR count). The Morgan fingerprint density at radius 3 is 2.67 bits per heavy atom. The van der Waals surface area contributed by atoms with Gasteiger partial charge >= 0.3 is 0 Å². The first-order valence-corrected chi connectivity index (χ1v) is 7.11. The van der Waals surface area contributed by atoms with E-state index >= 15 is 0 Å². The van der Waals surface area contributed by atoms with E-state index < -0.39 is 0 Å². The van der Waals surface area contributed by atoms with E-state index in [2.05, 4.69) is 10.3 Å². The van der Waals surface area contributed by atoms with E-state index in [4.69, 9.17) is 0 Å². The van der Waals surface area contributed by atoms with Crippen LogP contribution in [-0.2, 0) is 11.2 Å². The Balaban J connectivity index is 1.88. The van der Waals surface area contributed by atoms with Crippen molar-refractivity contribution in [2.24, 2.45) is 0 Å². The summed E-state index contributed by atoms with van der Waals surface area (Å²) in [7, 11) is 0. The van der Waals surface area contributed by atoms with Crippen molar-refractivity contribution < 1.29 is 9.90 Å². The Morgan fingerprint density at radius 2 is 2.00 bits per heavy atom. The van der Waals surface area contributed by atoms with Crippen LogP contribution in [-0.4, -0.2) is 29.1 Å². The second-order valence-corrected chi connectivity index (χ2v) is 4.96. The molecule has 0 radical (unpaired) electrons. The lowest BCUT2D eigenvalue weighted by molar-refractivity contribution is -0.120. The van der Waals surface area contributed by atoms with Crippen molar-refractivity contribution in [1.29, 1.82) is 0 Å². The van der Waals surface area contributed by atoms with Gasteiger partial charge in [0.2, 0.25) is 5.91 Å². The van der Waals surface area contributed by atoms with Crippen LogP contribution in [0.15, 0.2) is 54.9 Å². The third-order valence-electron chi connectivity index (χ3n) is 3.38. The van der Waals surface area contributed by atoms with Crippen LogP contribution < -0.4 is 5.32 Å². The third-order valence-corrected chi connectivity index (χ3v) is 3.38. The number of amides is 1. The van der Waals surface area contributed by atoms with Crippen molar-refractivity contribution in [3.8, 4) is 0 Å². The van der Waals surface area contributed by atoms with Crippen LogP contribution in [0.4, 0.5) is 0 Å². The normalized spacial score (nSPS) is 11.9. The average molecular weight is 284 g/mol. The predicted octanol–water partition coefficient (Wildman–Crippen LogP) is 1.91. The summed E-state index contributed by atoms with van der Waals surface area (Å²) in [6.07, 6.45) is 4.35. The number of carbonyl (C=O) groups excluding carboxylic acids is 1. The van der Waals surface area contributed by atoms with Gasteiger partial charge in [0.15, 0.2) is 0 Å². The Hall–Kier alpha value is -2.20. The summed E-state index contributed by atoms with van der Waals surface area (Å²) in [4.78, 5) is 15.9. The molecule has 0 fully saturated rings. The SMILES string of the molecule is O=C(Cc1cccnc1)NCC(CCO)c1ccccc1. The topological polar surface area (TPSA) is 62.2 Å². The maximum atomic E-state index is 12.0. The summed E-state index contributed by atoms with van der Waals surface area (Å²) in [5.74, 6) is 0.107. The zero-order chi connectivity index (χ0) is 14.9. The Kier molecular flexibility index (Phi) is 5.91. The number of nitrogens with one attached hydrogen (secondary N) is 1. The van der Waals surface area contributed by atoms with Crippen LogP contribution in [0.1, 0.15) is 23.5 Å². The van der Waals surface area contributed by atoms with E-state index in [-0.39, 0.29) is 18.4 Å². The van der Waals surface area contributed by atoms with Gasteiger partial charge < -0.3 is 10.4 Å². The number of benzene rings is 1. The maximum absolute atomic E-state index is 12.0. The number of carbonyl (C=O) groups is 1. The van der Waals surface area contributed by atoms with Crippen molar-refractivity contribution in [1.82, 2.24) is 10.3 Å². The van der Waals surface area contributed by atoms with Gasteiger partial charge in [0.05, 0.1) is 6.42 Å². The highest BCUT2D eigenvalue weighted by atomic mass is 16.3. The molecule has 21 heavy (non-hydrogen) atoms. The molecule has 1 aromatic heterocycles. The van der Waals surface area contributed by atoms with E-state index in [0.717, 1.165) is 11.1 Å². The Bertz CT molecular complexity index is 543. The zero-order valence-electron chi connectivity index (χ0n) is 11.9. The van der Waals surface area contributed by atoms with Crippen molar-refractivity contribution in [2.75, 3.05) is 13.2 Å².